The molecule has 3 unspecified atom stereocenters. The lowest BCUT2D eigenvalue weighted by Gasteiger charge is -2.25. The molecule has 1 saturated heterocycles. The number of ether oxygens (including phenoxy) is 1. The van der Waals surface area contributed by atoms with Gasteiger partial charge >= 0.3 is 0 Å². The van der Waals surface area contributed by atoms with Crippen LogP contribution in [0.15, 0.2) is 17.5 Å². The molecule has 2 heterocycles. The van der Waals surface area contributed by atoms with Crippen LogP contribution in [0.25, 0.3) is 0 Å². The largest absolute Gasteiger partial charge is 0.371 e. The minimum absolute atomic E-state index is 0.226. The standard InChI is InChI=1S/C13H21NOS/c1-9(2)11-6-7-15-13(10(3)14-11)12-5-4-8-16-12/h4-5,8-11,13-14H,6-7H2,1-3H3. The molecule has 0 aromatic carbocycles. The third kappa shape index (κ3) is 2.65. The van der Waals surface area contributed by atoms with Crippen molar-refractivity contribution >= 4 is 11.3 Å². The molecule has 1 aliphatic heterocycles. The van der Waals surface area contributed by atoms with Crippen LogP contribution in [0.2, 0.25) is 0 Å². The Morgan fingerprint density at radius 2 is 2.31 bits per heavy atom. The monoisotopic (exact) mass is 239 g/mol. The Hall–Kier alpha value is -0.380. The zero-order chi connectivity index (χ0) is 11.5. The number of nitrogens with one attached hydrogen (secondary N) is 1. The molecule has 1 aromatic heterocycles. The van der Waals surface area contributed by atoms with Gasteiger partial charge in [-0.05, 0) is 30.7 Å². The third-order valence-corrected chi connectivity index (χ3v) is 4.22. The summed E-state index contributed by atoms with van der Waals surface area (Å²) in [4.78, 5) is 1.34. The molecule has 3 heteroatoms. The highest BCUT2D eigenvalue weighted by atomic mass is 32.1. The normalized spacial score (nSPS) is 31.6. The number of thiophene rings is 1. The van der Waals surface area contributed by atoms with E-state index in [-0.39, 0.29) is 6.10 Å². The van der Waals surface area contributed by atoms with Gasteiger partial charge in [-0.1, -0.05) is 19.9 Å². The van der Waals surface area contributed by atoms with Gasteiger partial charge in [-0.25, -0.2) is 0 Å². The van der Waals surface area contributed by atoms with Gasteiger partial charge in [-0.15, -0.1) is 11.3 Å². The van der Waals surface area contributed by atoms with Gasteiger partial charge in [0.25, 0.3) is 0 Å². The van der Waals surface area contributed by atoms with Crippen LogP contribution in [-0.4, -0.2) is 18.7 Å². The summed E-state index contributed by atoms with van der Waals surface area (Å²) in [5, 5.41) is 5.82. The average molecular weight is 239 g/mol. The van der Waals surface area contributed by atoms with Crippen LogP contribution in [0.5, 0.6) is 0 Å². The first-order valence-corrected chi connectivity index (χ1v) is 6.97. The van der Waals surface area contributed by atoms with Crippen molar-refractivity contribution in [3.05, 3.63) is 22.4 Å². The SMILES string of the molecule is CC(C)C1CCOC(c2cccs2)C(C)N1. The fraction of sp³-hybridized carbons (Fsp3) is 0.692. The quantitative estimate of drug-likeness (QED) is 0.855. The Balaban J connectivity index is 2.07. The second-order valence-electron chi connectivity index (χ2n) is 4.90. The summed E-state index contributed by atoms with van der Waals surface area (Å²) in [6.07, 6.45) is 1.34. The summed E-state index contributed by atoms with van der Waals surface area (Å²) in [6.45, 7) is 7.64. The molecule has 0 saturated carbocycles. The Labute approximate surface area is 102 Å². The van der Waals surface area contributed by atoms with Crippen molar-refractivity contribution in [2.45, 2.75) is 45.4 Å². The first-order valence-electron chi connectivity index (χ1n) is 6.09. The molecule has 0 radical (unpaired) electrons. The maximum absolute atomic E-state index is 5.99. The lowest BCUT2D eigenvalue weighted by molar-refractivity contribution is 0.0486. The van der Waals surface area contributed by atoms with E-state index in [2.05, 4.69) is 43.6 Å². The zero-order valence-electron chi connectivity index (χ0n) is 10.3. The van der Waals surface area contributed by atoms with Crippen LogP contribution < -0.4 is 5.32 Å². The molecular formula is C13H21NOS. The van der Waals surface area contributed by atoms with E-state index in [1.54, 1.807) is 11.3 Å². The summed E-state index contributed by atoms with van der Waals surface area (Å²) >= 11 is 1.79. The number of rotatable bonds is 2. The van der Waals surface area contributed by atoms with Crippen LogP contribution in [0.3, 0.4) is 0 Å². The first kappa shape index (κ1) is 12.1. The van der Waals surface area contributed by atoms with Crippen molar-refractivity contribution in [1.29, 1.82) is 0 Å². The summed E-state index contributed by atoms with van der Waals surface area (Å²) < 4.78 is 5.99. The lowest BCUT2D eigenvalue weighted by Crippen LogP contribution is -2.40. The van der Waals surface area contributed by atoms with Crippen LogP contribution in [-0.2, 0) is 4.74 Å². The van der Waals surface area contributed by atoms with Crippen molar-refractivity contribution in [3.8, 4) is 0 Å². The molecule has 3 atom stereocenters. The molecule has 2 nitrogen and oxygen atoms in total. The summed E-state index contributed by atoms with van der Waals surface area (Å²) in [5.41, 5.74) is 0. The lowest BCUT2D eigenvalue weighted by atomic mass is 10.0. The molecule has 16 heavy (non-hydrogen) atoms. The highest BCUT2D eigenvalue weighted by molar-refractivity contribution is 7.10. The molecule has 1 N–H and O–H groups in total. The van der Waals surface area contributed by atoms with E-state index in [1.807, 2.05) is 0 Å². The molecule has 1 aromatic rings. The first-order chi connectivity index (χ1) is 7.68. The molecular weight excluding hydrogens is 218 g/mol. The molecule has 90 valence electrons. The molecule has 0 bridgehead atoms. The van der Waals surface area contributed by atoms with Crippen molar-refractivity contribution in [2.24, 2.45) is 5.92 Å². The van der Waals surface area contributed by atoms with Gasteiger partial charge in [-0.2, -0.15) is 0 Å². The predicted octanol–water partition coefficient (Wildman–Crippen LogP) is 3.21. The predicted molar refractivity (Wildman–Crippen MR) is 68.9 cm³/mol. The second-order valence-corrected chi connectivity index (χ2v) is 5.88. The Kier molecular flexibility index (Phi) is 4.00. The van der Waals surface area contributed by atoms with Crippen molar-refractivity contribution in [2.75, 3.05) is 6.61 Å². The highest BCUT2D eigenvalue weighted by Gasteiger charge is 2.28. The van der Waals surface area contributed by atoms with Crippen LogP contribution >= 0.6 is 11.3 Å². The van der Waals surface area contributed by atoms with Crippen molar-refractivity contribution < 1.29 is 4.74 Å². The molecule has 1 fully saturated rings. The fourth-order valence-electron chi connectivity index (χ4n) is 2.28. The summed E-state index contributed by atoms with van der Waals surface area (Å²) in [7, 11) is 0. The van der Waals surface area contributed by atoms with Crippen LogP contribution in [0, 0.1) is 5.92 Å². The van der Waals surface area contributed by atoms with Gasteiger partial charge in [-0.3, -0.25) is 0 Å². The zero-order valence-corrected chi connectivity index (χ0v) is 11.1. The third-order valence-electron chi connectivity index (χ3n) is 3.29. The smallest absolute Gasteiger partial charge is 0.107 e. The van der Waals surface area contributed by atoms with E-state index in [1.165, 1.54) is 4.88 Å². The minimum atomic E-state index is 0.226. The van der Waals surface area contributed by atoms with E-state index in [9.17, 15) is 0 Å². The molecule has 0 aliphatic carbocycles. The van der Waals surface area contributed by atoms with Gasteiger partial charge in [0, 0.05) is 23.6 Å². The van der Waals surface area contributed by atoms with Gasteiger partial charge in [0.15, 0.2) is 0 Å². The molecule has 2 rings (SSSR count). The maximum Gasteiger partial charge on any atom is 0.107 e. The van der Waals surface area contributed by atoms with Crippen molar-refractivity contribution in [3.63, 3.8) is 0 Å². The highest BCUT2D eigenvalue weighted by Crippen LogP contribution is 2.29. The van der Waals surface area contributed by atoms with E-state index >= 15 is 0 Å². The van der Waals surface area contributed by atoms with E-state index in [0.29, 0.717) is 18.0 Å². The average Bonchev–Trinajstić information content (AvgIpc) is 2.68. The maximum atomic E-state index is 5.99. The van der Waals surface area contributed by atoms with E-state index in [4.69, 9.17) is 4.74 Å². The van der Waals surface area contributed by atoms with Gasteiger partial charge < -0.3 is 10.1 Å². The topological polar surface area (TPSA) is 21.3 Å². The summed E-state index contributed by atoms with van der Waals surface area (Å²) in [6, 6.07) is 5.25. The van der Waals surface area contributed by atoms with Gasteiger partial charge in [0.05, 0.1) is 0 Å². The molecule has 0 spiro atoms. The molecule has 0 amide bonds. The Morgan fingerprint density at radius 1 is 1.50 bits per heavy atom. The molecule has 1 aliphatic rings. The van der Waals surface area contributed by atoms with E-state index < -0.39 is 0 Å². The second kappa shape index (κ2) is 5.30. The fourth-order valence-corrected chi connectivity index (χ4v) is 3.16. The van der Waals surface area contributed by atoms with Crippen LogP contribution in [0.4, 0.5) is 0 Å². The number of hydrogen-bond donors (Lipinski definition) is 1. The van der Waals surface area contributed by atoms with Crippen LogP contribution in [0.1, 0.15) is 38.2 Å². The Morgan fingerprint density at radius 3 is 2.94 bits per heavy atom. The Bertz CT molecular complexity index is 310. The van der Waals surface area contributed by atoms with Crippen molar-refractivity contribution in [1.82, 2.24) is 5.32 Å². The summed E-state index contributed by atoms with van der Waals surface area (Å²) in [5.74, 6) is 0.674. The van der Waals surface area contributed by atoms with E-state index in [0.717, 1.165) is 13.0 Å². The van der Waals surface area contributed by atoms with Gasteiger partial charge in [0.1, 0.15) is 6.10 Å². The van der Waals surface area contributed by atoms with Gasteiger partial charge in [0.2, 0.25) is 0 Å². The minimum Gasteiger partial charge on any atom is -0.371 e. The number of hydrogen-bond acceptors (Lipinski definition) is 3.